The zero-order valence-electron chi connectivity index (χ0n) is 18.0. The summed E-state index contributed by atoms with van der Waals surface area (Å²) in [5.74, 6) is -2.24. The van der Waals surface area contributed by atoms with E-state index in [1.54, 1.807) is 5.32 Å². The predicted octanol–water partition coefficient (Wildman–Crippen LogP) is 4.32. The first kappa shape index (κ1) is 27.5. The van der Waals surface area contributed by atoms with E-state index in [4.69, 9.17) is 11.6 Å². The van der Waals surface area contributed by atoms with Gasteiger partial charge in [-0.25, -0.2) is 8.42 Å². The van der Waals surface area contributed by atoms with Gasteiger partial charge in [-0.1, -0.05) is 29.8 Å². The van der Waals surface area contributed by atoms with Crippen molar-refractivity contribution in [2.75, 3.05) is 11.5 Å². The van der Waals surface area contributed by atoms with Crippen molar-refractivity contribution >= 4 is 39.3 Å². The van der Waals surface area contributed by atoms with E-state index in [1.165, 1.54) is 18.2 Å². The van der Waals surface area contributed by atoms with Crippen LogP contribution in [0.1, 0.15) is 33.1 Å². The molecule has 0 bridgehead atoms. The highest BCUT2D eigenvalue weighted by molar-refractivity contribution is 7.92. The third kappa shape index (κ3) is 7.00. The number of hydrogen-bond donors (Lipinski definition) is 2. The van der Waals surface area contributed by atoms with Crippen LogP contribution in [0.3, 0.4) is 0 Å². The zero-order chi connectivity index (χ0) is 26.9. The molecule has 1 fully saturated rings. The van der Waals surface area contributed by atoms with Gasteiger partial charge in [0.2, 0.25) is 5.91 Å². The molecular weight excluding hydrogens is 538 g/mol. The summed E-state index contributed by atoms with van der Waals surface area (Å²) in [4.78, 5) is 24.4. The van der Waals surface area contributed by atoms with E-state index in [-0.39, 0.29) is 27.7 Å². The van der Waals surface area contributed by atoms with Crippen LogP contribution in [0.25, 0.3) is 6.08 Å². The minimum Gasteiger partial charge on any atom is -0.347 e. The summed E-state index contributed by atoms with van der Waals surface area (Å²) in [6, 6.07) is 3.20. The second-order valence-electron chi connectivity index (χ2n) is 7.93. The van der Waals surface area contributed by atoms with Crippen LogP contribution in [-0.4, -0.2) is 44.0 Å². The monoisotopic (exact) mass is 554 g/mol. The maximum Gasteiger partial charge on any atom is 0.416 e. The van der Waals surface area contributed by atoms with E-state index in [2.05, 4.69) is 5.32 Å². The molecule has 0 aliphatic carbocycles. The first-order valence-electron chi connectivity index (χ1n) is 10.1. The topological polar surface area (TPSA) is 92.3 Å². The van der Waals surface area contributed by atoms with E-state index in [0.717, 1.165) is 24.3 Å². The fourth-order valence-electron chi connectivity index (χ4n) is 3.34. The first-order valence-corrected chi connectivity index (χ1v) is 12.3. The van der Waals surface area contributed by atoms with Gasteiger partial charge in [0.15, 0.2) is 15.9 Å². The standard InChI is InChI=1S/C22H17ClF6N2O4S/c23-17-8-12(4-6-16(17)20(33)30-15-10-36(34,35)11-15)5-7-18(32)31-19(22(27,28)29)13-2-1-3-14(9-13)21(24,25)26/h1-9,15,19H,10-11H2,(H,30,33)(H,31,32)/b7-5+. The van der Waals surface area contributed by atoms with Gasteiger partial charge < -0.3 is 10.6 Å². The number of sulfone groups is 1. The second-order valence-corrected chi connectivity index (χ2v) is 10.5. The largest absolute Gasteiger partial charge is 0.416 e. The molecule has 36 heavy (non-hydrogen) atoms. The predicted molar refractivity (Wildman–Crippen MR) is 119 cm³/mol. The summed E-state index contributed by atoms with van der Waals surface area (Å²) in [7, 11) is -3.15. The number of carbonyl (C=O) groups is 2. The third-order valence-corrected chi connectivity index (χ3v) is 7.20. The van der Waals surface area contributed by atoms with Gasteiger partial charge in [-0.3, -0.25) is 9.59 Å². The highest BCUT2D eigenvalue weighted by Gasteiger charge is 2.42. The molecule has 2 aromatic carbocycles. The van der Waals surface area contributed by atoms with Crippen LogP contribution in [0.15, 0.2) is 48.5 Å². The van der Waals surface area contributed by atoms with Crippen LogP contribution < -0.4 is 10.6 Å². The van der Waals surface area contributed by atoms with Crippen LogP contribution >= 0.6 is 11.6 Å². The Hall–Kier alpha value is -3.06. The van der Waals surface area contributed by atoms with Gasteiger partial charge in [0.05, 0.1) is 33.7 Å². The minimum absolute atomic E-state index is 0.0178. The maximum atomic E-state index is 13.5. The molecule has 194 valence electrons. The molecule has 3 rings (SSSR count). The number of amides is 2. The van der Waals surface area contributed by atoms with Gasteiger partial charge in [-0.15, -0.1) is 0 Å². The van der Waals surface area contributed by atoms with Crippen LogP contribution in [-0.2, 0) is 20.8 Å². The molecule has 1 unspecified atom stereocenters. The van der Waals surface area contributed by atoms with Gasteiger partial charge in [-0.2, -0.15) is 26.3 Å². The average Bonchev–Trinajstić information content (AvgIpc) is 2.73. The van der Waals surface area contributed by atoms with Crippen molar-refractivity contribution < 1.29 is 44.3 Å². The van der Waals surface area contributed by atoms with Crippen LogP contribution in [0.2, 0.25) is 5.02 Å². The number of benzene rings is 2. The van der Waals surface area contributed by atoms with Crippen LogP contribution in [0.4, 0.5) is 26.3 Å². The minimum atomic E-state index is -5.08. The van der Waals surface area contributed by atoms with E-state index in [9.17, 15) is 44.3 Å². The quantitative estimate of drug-likeness (QED) is 0.411. The molecule has 0 aromatic heterocycles. The summed E-state index contributed by atoms with van der Waals surface area (Å²) >= 11 is 6.06. The molecule has 2 N–H and O–H groups in total. The van der Waals surface area contributed by atoms with Crippen molar-refractivity contribution in [1.29, 1.82) is 0 Å². The van der Waals surface area contributed by atoms with Crippen molar-refractivity contribution in [3.05, 3.63) is 75.8 Å². The molecule has 1 atom stereocenters. The Kier molecular flexibility index (Phi) is 7.75. The van der Waals surface area contributed by atoms with Crippen LogP contribution in [0.5, 0.6) is 0 Å². The maximum absolute atomic E-state index is 13.5. The summed E-state index contributed by atoms with van der Waals surface area (Å²) in [6.07, 6.45) is -8.11. The number of rotatable bonds is 6. The molecular formula is C22H17ClF6N2O4S. The molecule has 0 spiro atoms. The molecule has 2 amide bonds. The number of hydrogen-bond acceptors (Lipinski definition) is 4. The molecule has 0 radical (unpaired) electrons. The van der Waals surface area contributed by atoms with Crippen molar-refractivity contribution in [3.63, 3.8) is 0 Å². The zero-order valence-corrected chi connectivity index (χ0v) is 19.5. The van der Waals surface area contributed by atoms with Crippen molar-refractivity contribution in [1.82, 2.24) is 10.6 Å². The van der Waals surface area contributed by atoms with Gasteiger partial charge in [0.25, 0.3) is 5.91 Å². The highest BCUT2D eigenvalue weighted by atomic mass is 35.5. The average molecular weight is 555 g/mol. The lowest BCUT2D eigenvalue weighted by atomic mass is 10.0. The molecule has 0 saturated carbocycles. The summed E-state index contributed by atoms with van der Waals surface area (Å²) in [5.41, 5.74) is -1.83. The van der Waals surface area contributed by atoms with E-state index < -0.39 is 57.2 Å². The fourth-order valence-corrected chi connectivity index (χ4v) is 4.91. The summed E-state index contributed by atoms with van der Waals surface area (Å²) in [5, 5.41) is 4.08. The third-order valence-electron chi connectivity index (χ3n) is 5.07. The fraction of sp³-hybridized carbons (Fsp3) is 0.273. The lowest BCUT2D eigenvalue weighted by molar-refractivity contribution is -0.162. The lowest BCUT2D eigenvalue weighted by Crippen LogP contribution is -2.52. The summed E-state index contributed by atoms with van der Waals surface area (Å²) in [6.45, 7) is 0. The molecule has 6 nitrogen and oxygen atoms in total. The number of carbonyl (C=O) groups excluding carboxylic acids is 2. The van der Waals surface area contributed by atoms with E-state index >= 15 is 0 Å². The molecule has 14 heteroatoms. The lowest BCUT2D eigenvalue weighted by Gasteiger charge is -2.26. The smallest absolute Gasteiger partial charge is 0.347 e. The van der Waals surface area contributed by atoms with Crippen LogP contribution in [0, 0.1) is 0 Å². The highest BCUT2D eigenvalue weighted by Crippen LogP contribution is 2.36. The number of nitrogens with one attached hydrogen (secondary N) is 2. The Balaban J connectivity index is 1.70. The molecule has 1 aliphatic rings. The normalized spacial score (nSPS) is 16.9. The van der Waals surface area contributed by atoms with Crippen molar-refractivity contribution in [2.24, 2.45) is 0 Å². The Morgan fingerprint density at radius 1 is 1.03 bits per heavy atom. The Labute approximate surface area is 206 Å². The second kappa shape index (κ2) is 10.1. The molecule has 1 aliphatic heterocycles. The van der Waals surface area contributed by atoms with Gasteiger partial charge in [0.1, 0.15) is 0 Å². The van der Waals surface area contributed by atoms with Gasteiger partial charge >= 0.3 is 12.4 Å². The first-order chi connectivity index (χ1) is 16.5. The Morgan fingerprint density at radius 3 is 2.25 bits per heavy atom. The molecule has 1 heterocycles. The van der Waals surface area contributed by atoms with Gasteiger partial charge in [-0.05, 0) is 41.5 Å². The van der Waals surface area contributed by atoms with Crippen molar-refractivity contribution in [3.8, 4) is 0 Å². The Bertz CT molecular complexity index is 1300. The SMILES string of the molecule is O=C(/C=C/c1ccc(C(=O)NC2CS(=O)(=O)C2)c(Cl)c1)NC(c1cccc(C(F)(F)F)c1)C(F)(F)F. The van der Waals surface area contributed by atoms with Crippen molar-refractivity contribution in [2.45, 2.75) is 24.4 Å². The summed E-state index contributed by atoms with van der Waals surface area (Å²) < 4.78 is 101. The molecule has 1 saturated heterocycles. The van der Waals surface area contributed by atoms with Gasteiger partial charge in [0, 0.05) is 6.08 Å². The number of alkyl halides is 6. The van der Waals surface area contributed by atoms with E-state index in [0.29, 0.717) is 12.1 Å². The Morgan fingerprint density at radius 2 is 1.69 bits per heavy atom. The molecule has 2 aromatic rings. The van der Waals surface area contributed by atoms with E-state index in [1.807, 2.05) is 0 Å². The number of halogens is 7.